The average molecular weight is 239 g/mol. The van der Waals surface area contributed by atoms with Crippen molar-refractivity contribution in [3.05, 3.63) is 28.8 Å². The summed E-state index contributed by atoms with van der Waals surface area (Å²) in [4.78, 5) is 0. The molecular formula is C12H15ClN2O. The first-order valence-electron chi connectivity index (χ1n) is 5.24. The van der Waals surface area contributed by atoms with Crippen molar-refractivity contribution in [1.29, 1.82) is 5.26 Å². The summed E-state index contributed by atoms with van der Waals surface area (Å²) in [5, 5.41) is 21.5. The highest BCUT2D eigenvalue weighted by molar-refractivity contribution is 6.30. The normalized spacial score (nSPS) is 11.9. The summed E-state index contributed by atoms with van der Waals surface area (Å²) in [6, 6.07) is 7.52. The standard InChI is InChI=1S/C12H15ClN2O/c1-9(3-2-6-16)15-12-5-4-11(13)7-10(12)8-14/h4-5,7,9,15-16H,2-3,6H2,1H3. The smallest absolute Gasteiger partial charge is 0.101 e. The van der Waals surface area contributed by atoms with Crippen molar-refractivity contribution in [2.75, 3.05) is 11.9 Å². The zero-order valence-electron chi connectivity index (χ0n) is 9.20. The van der Waals surface area contributed by atoms with Crippen LogP contribution in [0.4, 0.5) is 5.69 Å². The van der Waals surface area contributed by atoms with Gasteiger partial charge in [-0.2, -0.15) is 5.26 Å². The summed E-state index contributed by atoms with van der Waals surface area (Å²) in [5.74, 6) is 0. The molecule has 0 aliphatic carbocycles. The molecule has 1 rings (SSSR count). The highest BCUT2D eigenvalue weighted by atomic mass is 35.5. The van der Waals surface area contributed by atoms with Crippen molar-refractivity contribution in [2.24, 2.45) is 0 Å². The molecule has 0 fully saturated rings. The molecule has 0 aliphatic heterocycles. The van der Waals surface area contributed by atoms with E-state index in [4.69, 9.17) is 22.0 Å². The molecule has 0 aliphatic rings. The molecule has 0 aromatic heterocycles. The van der Waals surface area contributed by atoms with Gasteiger partial charge in [0.2, 0.25) is 0 Å². The van der Waals surface area contributed by atoms with Crippen LogP contribution in [0, 0.1) is 11.3 Å². The van der Waals surface area contributed by atoms with Crippen LogP contribution in [0.15, 0.2) is 18.2 Å². The minimum Gasteiger partial charge on any atom is -0.396 e. The number of nitrogens with one attached hydrogen (secondary N) is 1. The average Bonchev–Trinajstić information content (AvgIpc) is 2.28. The third-order valence-corrected chi connectivity index (χ3v) is 2.53. The molecule has 0 saturated heterocycles. The number of nitriles is 1. The van der Waals surface area contributed by atoms with Crippen LogP contribution in [0.2, 0.25) is 5.02 Å². The van der Waals surface area contributed by atoms with Crippen molar-refractivity contribution in [2.45, 2.75) is 25.8 Å². The first-order chi connectivity index (χ1) is 7.67. The number of aliphatic hydroxyl groups excluding tert-OH is 1. The van der Waals surface area contributed by atoms with E-state index in [1.54, 1.807) is 18.2 Å². The Labute approximate surface area is 101 Å². The summed E-state index contributed by atoms with van der Waals surface area (Å²) < 4.78 is 0. The van der Waals surface area contributed by atoms with Crippen molar-refractivity contribution in [1.82, 2.24) is 0 Å². The van der Waals surface area contributed by atoms with E-state index in [2.05, 4.69) is 11.4 Å². The quantitative estimate of drug-likeness (QED) is 0.830. The van der Waals surface area contributed by atoms with E-state index in [0.717, 1.165) is 18.5 Å². The second-order valence-electron chi connectivity index (χ2n) is 3.71. The maximum atomic E-state index is 8.94. The van der Waals surface area contributed by atoms with E-state index in [1.807, 2.05) is 6.92 Å². The van der Waals surface area contributed by atoms with E-state index >= 15 is 0 Å². The first-order valence-corrected chi connectivity index (χ1v) is 5.62. The Balaban J connectivity index is 2.70. The number of rotatable bonds is 5. The van der Waals surface area contributed by atoms with Crippen LogP contribution >= 0.6 is 11.6 Å². The van der Waals surface area contributed by atoms with Crippen molar-refractivity contribution < 1.29 is 5.11 Å². The van der Waals surface area contributed by atoms with Gasteiger partial charge in [0.05, 0.1) is 11.3 Å². The number of halogens is 1. The van der Waals surface area contributed by atoms with Crippen molar-refractivity contribution in [3.63, 3.8) is 0 Å². The molecule has 0 spiro atoms. The van der Waals surface area contributed by atoms with E-state index < -0.39 is 0 Å². The van der Waals surface area contributed by atoms with Gasteiger partial charge in [0.15, 0.2) is 0 Å². The molecule has 1 unspecified atom stereocenters. The predicted molar refractivity (Wildman–Crippen MR) is 65.6 cm³/mol. The van der Waals surface area contributed by atoms with E-state index in [-0.39, 0.29) is 12.6 Å². The Morgan fingerprint density at radius 1 is 1.56 bits per heavy atom. The van der Waals surface area contributed by atoms with Crippen LogP contribution in [0.25, 0.3) is 0 Å². The summed E-state index contributed by atoms with van der Waals surface area (Å²) >= 11 is 5.80. The van der Waals surface area contributed by atoms with Gasteiger partial charge in [0.1, 0.15) is 6.07 Å². The van der Waals surface area contributed by atoms with E-state index in [0.29, 0.717) is 10.6 Å². The fraction of sp³-hybridized carbons (Fsp3) is 0.417. The highest BCUT2D eigenvalue weighted by Crippen LogP contribution is 2.21. The monoisotopic (exact) mass is 238 g/mol. The molecular weight excluding hydrogens is 224 g/mol. The molecule has 86 valence electrons. The maximum Gasteiger partial charge on any atom is 0.101 e. The minimum absolute atomic E-state index is 0.192. The van der Waals surface area contributed by atoms with Gasteiger partial charge in [-0.3, -0.25) is 0 Å². The Kier molecular flexibility index (Phi) is 5.10. The molecule has 0 saturated carbocycles. The predicted octanol–water partition coefficient (Wildman–Crippen LogP) is 2.78. The second-order valence-corrected chi connectivity index (χ2v) is 4.15. The zero-order valence-corrected chi connectivity index (χ0v) is 9.96. The van der Waals surface area contributed by atoms with Crippen LogP contribution in [0.5, 0.6) is 0 Å². The Hall–Kier alpha value is -1.24. The highest BCUT2D eigenvalue weighted by Gasteiger charge is 2.06. The van der Waals surface area contributed by atoms with Crippen molar-refractivity contribution >= 4 is 17.3 Å². The SMILES string of the molecule is CC(CCCO)Nc1ccc(Cl)cc1C#N. The van der Waals surface area contributed by atoms with Gasteiger partial charge in [-0.25, -0.2) is 0 Å². The molecule has 1 atom stereocenters. The van der Waals surface area contributed by atoms with Crippen molar-refractivity contribution in [3.8, 4) is 6.07 Å². The summed E-state index contributed by atoms with van der Waals surface area (Å²) in [6.07, 6.45) is 1.62. The van der Waals surface area contributed by atoms with Crippen LogP contribution in [0.1, 0.15) is 25.3 Å². The molecule has 0 bridgehead atoms. The Morgan fingerprint density at radius 3 is 2.94 bits per heavy atom. The van der Waals surface area contributed by atoms with Gasteiger partial charge >= 0.3 is 0 Å². The summed E-state index contributed by atoms with van der Waals surface area (Å²) in [6.45, 7) is 2.21. The number of hydrogen-bond donors (Lipinski definition) is 2. The first kappa shape index (κ1) is 12.8. The fourth-order valence-corrected chi connectivity index (χ4v) is 1.64. The van der Waals surface area contributed by atoms with Crippen LogP contribution in [-0.4, -0.2) is 17.8 Å². The van der Waals surface area contributed by atoms with Gasteiger partial charge in [-0.05, 0) is 38.0 Å². The molecule has 0 radical (unpaired) electrons. The van der Waals surface area contributed by atoms with Crippen LogP contribution in [-0.2, 0) is 0 Å². The zero-order chi connectivity index (χ0) is 12.0. The van der Waals surface area contributed by atoms with Gasteiger partial charge in [0.25, 0.3) is 0 Å². The maximum absolute atomic E-state index is 8.94. The summed E-state index contributed by atoms with van der Waals surface area (Å²) in [7, 11) is 0. The third-order valence-electron chi connectivity index (χ3n) is 2.30. The lowest BCUT2D eigenvalue weighted by Gasteiger charge is -2.15. The number of benzene rings is 1. The molecule has 1 aromatic carbocycles. The second kappa shape index (κ2) is 6.37. The lowest BCUT2D eigenvalue weighted by atomic mass is 10.1. The molecule has 0 heterocycles. The molecule has 1 aromatic rings. The van der Waals surface area contributed by atoms with E-state index in [1.165, 1.54) is 0 Å². The van der Waals surface area contributed by atoms with Gasteiger partial charge in [-0.15, -0.1) is 0 Å². The topological polar surface area (TPSA) is 56.0 Å². The number of anilines is 1. The number of aliphatic hydroxyl groups is 1. The largest absolute Gasteiger partial charge is 0.396 e. The minimum atomic E-state index is 0.192. The lowest BCUT2D eigenvalue weighted by Crippen LogP contribution is -2.16. The molecule has 2 N–H and O–H groups in total. The van der Waals surface area contributed by atoms with Crippen LogP contribution < -0.4 is 5.32 Å². The number of hydrogen-bond acceptors (Lipinski definition) is 3. The molecule has 16 heavy (non-hydrogen) atoms. The Morgan fingerprint density at radius 2 is 2.31 bits per heavy atom. The molecule has 3 nitrogen and oxygen atoms in total. The van der Waals surface area contributed by atoms with E-state index in [9.17, 15) is 0 Å². The molecule has 0 amide bonds. The van der Waals surface area contributed by atoms with Crippen LogP contribution in [0.3, 0.4) is 0 Å². The third kappa shape index (κ3) is 3.73. The summed E-state index contributed by atoms with van der Waals surface area (Å²) in [5.41, 5.74) is 1.33. The van der Waals surface area contributed by atoms with Gasteiger partial charge in [-0.1, -0.05) is 11.6 Å². The van der Waals surface area contributed by atoms with Gasteiger partial charge < -0.3 is 10.4 Å². The lowest BCUT2D eigenvalue weighted by molar-refractivity contribution is 0.282. The fourth-order valence-electron chi connectivity index (χ4n) is 1.47. The Bertz CT molecular complexity index is 387. The molecule has 4 heteroatoms. The van der Waals surface area contributed by atoms with Gasteiger partial charge in [0, 0.05) is 17.7 Å². The number of nitrogens with zero attached hydrogens (tertiary/aromatic N) is 1.